The summed E-state index contributed by atoms with van der Waals surface area (Å²) in [6.07, 6.45) is -0.0204. The summed E-state index contributed by atoms with van der Waals surface area (Å²) in [4.78, 5) is 22.7. The van der Waals surface area contributed by atoms with Crippen molar-refractivity contribution in [1.82, 2.24) is 9.97 Å². The first-order valence-electron chi connectivity index (χ1n) is 7.47. The molecule has 0 radical (unpaired) electrons. The third kappa shape index (κ3) is 3.71. The summed E-state index contributed by atoms with van der Waals surface area (Å²) in [5, 5.41) is 1.72. The molecule has 0 aliphatic heterocycles. The Morgan fingerprint density at radius 3 is 2.60 bits per heavy atom. The number of esters is 1. The van der Waals surface area contributed by atoms with E-state index in [0.717, 1.165) is 20.7 Å². The monoisotopic (exact) mass is 395 g/mol. The van der Waals surface area contributed by atoms with E-state index in [-0.39, 0.29) is 13.0 Å². The third-order valence-corrected chi connectivity index (χ3v) is 5.66. The molecule has 0 unspecified atom stereocenters. The van der Waals surface area contributed by atoms with Crippen molar-refractivity contribution < 1.29 is 9.53 Å². The number of aromatic nitrogens is 2. The molecule has 2 heterocycles. The highest BCUT2D eigenvalue weighted by atomic mass is 35.5. The first-order valence-corrected chi connectivity index (χ1v) is 9.04. The van der Waals surface area contributed by atoms with E-state index in [1.54, 1.807) is 29.5 Å². The van der Waals surface area contributed by atoms with Crippen LogP contribution in [0.25, 0.3) is 10.2 Å². The molecule has 3 aromatic rings. The largest absolute Gasteiger partial charge is 0.457 e. The molecule has 0 aliphatic rings. The Balaban J connectivity index is 1.73. The SMILES string of the molecule is Cc1sc2nc(COC(=O)Cc3c(Cl)cccc3Cl)nc(N)c2c1C. The van der Waals surface area contributed by atoms with Gasteiger partial charge in [-0.3, -0.25) is 4.79 Å². The molecule has 130 valence electrons. The molecule has 0 aliphatic carbocycles. The van der Waals surface area contributed by atoms with Gasteiger partial charge in [0.25, 0.3) is 0 Å². The normalized spacial score (nSPS) is 11.0. The number of thiophene rings is 1. The third-order valence-electron chi connectivity index (χ3n) is 3.85. The number of nitrogens with zero attached hydrogens (tertiary/aromatic N) is 2. The van der Waals surface area contributed by atoms with Crippen molar-refractivity contribution in [1.29, 1.82) is 0 Å². The maximum absolute atomic E-state index is 12.1. The molecule has 8 heteroatoms. The minimum Gasteiger partial charge on any atom is -0.457 e. The van der Waals surface area contributed by atoms with Crippen molar-refractivity contribution in [3.05, 3.63) is 50.1 Å². The van der Waals surface area contributed by atoms with E-state index >= 15 is 0 Å². The van der Waals surface area contributed by atoms with Crippen molar-refractivity contribution in [2.24, 2.45) is 0 Å². The zero-order chi connectivity index (χ0) is 18.1. The van der Waals surface area contributed by atoms with Crippen molar-refractivity contribution in [2.45, 2.75) is 26.9 Å². The zero-order valence-corrected chi connectivity index (χ0v) is 15.9. The van der Waals surface area contributed by atoms with Gasteiger partial charge in [0.2, 0.25) is 0 Å². The lowest BCUT2D eigenvalue weighted by Gasteiger charge is -2.08. The van der Waals surface area contributed by atoms with Crippen LogP contribution in [0.5, 0.6) is 0 Å². The Kier molecular flexibility index (Phi) is 5.13. The number of anilines is 1. The number of nitrogen functional groups attached to an aromatic ring is 1. The van der Waals surface area contributed by atoms with E-state index in [9.17, 15) is 4.79 Å². The van der Waals surface area contributed by atoms with Gasteiger partial charge in [0.1, 0.15) is 10.6 Å². The summed E-state index contributed by atoms with van der Waals surface area (Å²) >= 11 is 13.7. The second-order valence-corrected chi connectivity index (χ2v) is 7.54. The molecule has 0 bridgehead atoms. The standard InChI is InChI=1S/C17H15Cl2N3O2S/c1-8-9(2)25-17-15(8)16(20)21-13(22-17)7-24-14(23)6-10-11(18)4-3-5-12(10)19/h3-5H,6-7H2,1-2H3,(H2,20,21,22). The Labute approximate surface area is 158 Å². The number of benzene rings is 1. The van der Waals surface area contributed by atoms with Gasteiger partial charge in [0.15, 0.2) is 12.4 Å². The Bertz CT molecular complexity index is 952. The number of rotatable bonds is 4. The second-order valence-electron chi connectivity index (χ2n) is 5.53. The molecule has 0 spiro atoms. The summed E-state index contributed by atoms with van der Waals surface area (Å²) < 4.78 is 5.25. The molecule has 25 heavy (non-hydrogen) atoms. The quantitative estimate of drug-likeness (QED) is 0.658. The fourth-order valence-corrected chi connectivity index (χ4v) is 4.02. The highest BCUT2D eigenvalue weighted by Gasteiger charge is 2.15. The van der Waals surface area contributed by atoms with E-state index in [1.165, 1.54) is 0 Å². The van der Waals surface area contributed by atoms with Crippen LogP contribution in [-0.2, 0) is 22.6 Å². The zero-order valence-electron chi connectivity index (χ0n) is 13.6. The van der Waals surface area contributed by atoms with Gasteiger partial charge < -0.3 is 10.5 Å². The van der Waals surface area contributed by atoms with Gasteiger partial charge in [0, 0.05) is 20.5 Å². The number of aryl methyl sites for hydroxylation is 2. The number of nitrogens with two attached hydrogens (primary N) is 1. The average molecular weight is 396 g/mol. The Morgan fingerprint density at radius 2 is 1.92 bits per heavy atom. The molecule has 0 atom stereocenters. The summed E-state index contributed by atoms with van der Waals surface area (Å²) in [5.41, 5.74) is 7.64. The van der Waals surface area contributed by atoms with Crippen LogP contribution in [0.2, 0.25) is 10.0 Å². The van der Waals surface area contributed by atoms with Crippen LogP contribution >= 0.6 is 34.5 Å². The Morgan fingerprint density at radius 1 is 1.24 bits per heavy atom. The van der Waals surface area contributed by atoms with E-state index in [2.05, 4.69) is 9.97 Å². The number of halogens is 2. The lowest BCUT2D eigenvalue weighted by Crippen LogP contribution is -2.11. The van der Waals surface area contributed by atoms with Gasteiger partial charge in [-0.05, 0) is 31.5 Å². The van der Waals surface area contributed by atoms with E-state index in [1.807, 2.05) is 13.8 Å². The highest BCUT2D eigenvalue weighted by molar-refractivity contribution is 7.18. The average Bonchev–Trinajstić information content (AvgIpc) is 2.84. The molecule has 5 nitrogen and oxygen atoms in total. The molecule has 2 aromatic heterocycles. The maximum Gasteiger partial charge on any atom is 0.310 e. The molecule has 0 saturated heterocycles. The number of carbonyl (C=O) groups excluding carboxylic acids is 1. The predicted molar refractivity (Wildman–Crippen MR) is 101 cm³/mol. The predicted octanol–water partition coefficient (Wildman–Crippen LogP) is 4.48. The number of carbonyl (C=O) groups is 1. The molecular formula is C17H15Cl2N3O2S. The minimum absolute atomic E-state index is 0.0204. The molecular weight excluding hydrogens is 381 g/mol. The highest BCUT2D eigenvalue weighted by Crippen LogP contribution is 2.32. The first kappa shape index (κ1) is 17.9. The molecule has 3 rings (SSSR count). The van der Waals surface area contributed by atoms with E-state index in [4.69, 9.17) is 33.7 Å². The van der Waals surface area contributed by atoms with Gasteiger partial charge in [-0.1, -0.05) is 29.3 Å². The molecule has 2 N–H and O–H groups in total. The maximum atomic E-state index is 12.1. The second kappa shape index (κ2) is 7.15. The van der Waals surface area contributed by atoms with Crippen molar-refractivity contribution >= 4 is 56.5 Å². The van der Waals surface area contributed by atoms with Crippen molar-refractivity contribution in [3.8, 4) is 0 Å². The summed E-state index contributed by atoms with van der Waals surface area (Å²) in [6.45, 7) is 3.94. The van der Waals surface area contributed by atoms with Crippen molar-refractivity contribution in [3.63, 3.8) is 0 Å². The van der Waals surface area contributed by atoms with Gasteiger partial charge in [-0.2, -0.15) is 0 Å². The first-order chi connectivity index (χ1) is 11.9. The van der Waals surface area contributed by atoms with Crippen LogP contribution in [0.15, 0.2) is 18.2 Å². The van der Waals surface area contributed by atoms with Crippen LogP contribution in [0, 0.1) is 13.8 Å². The van der Waals surface area contributed by atoms with Crippen LogP contribution in [0.3, 0.4) is 0 Å². The van der Waals surface area contributed by atoms with Crippen LogP contribution in [-0.4, -0.2) is 15.9 Å². The van der Waals surface area contributed by atoms with Gasteiger partial charge >= 0.3 is 5.97 Å². The lowest BCUT2D eigenvalue weighted by atomic mass is 10.1. The van der Waals surface area contributed by atoms with Gasteiger partial charge in [-0.15, -0.1) is 11.3 Å². The molecule has 0 saturated carbocycles. The van der Waals surface area contributed by atoms with Crippen LogP contribution in [0.1, 0.15) is 21.8 Å². The van der Waals surface area contributed by atoms with E-state index in [0.29, 0.717) is 27.3 Å². The van der Waals surface area contributed by atoms with Crippen LogP contribution < -0.4 is 5.73 Å². The molecule has 0 fully saturated rings. The number of ether oxygens (including phenoxy) is 1. The lowest BCUT2D eigenvalue weighted by molar-refractivity contribution is -0.144. The number of hydrogen-bond acceptors (Lipinski definition) is 6. The summed E-state index contributed by atoms with van der Waals surface area (Å²) in [5.74, 6) is 0.299. The van der Waals surface area contributed by atoms with E-state index < -0.39 is 5.97 Å². The summed E-state index contributed by atoms with van der Waals surface area (Å²) in [6, 6.07) is 5.07. The molecule has 0 amide bonds. The fraction of sp³-hybridized carbons (Fsp3) is 0.235. The topological polar surface area (TPSA) is 78.1 Å². The van der Waals surface area contributed by atoms with Gasteiger partial charge in [0.05, 0.1) is 11.8 Å². The fourth-order valence-electron chi connectivity index (χ4n) is 2.43. The smallest absolute Gasteiger partial charge is 0.310 e. The number of hydrogen-bond donors (Lipinski definition) is 1. The van der Waals surface area contributed by atoms with Crippen LogP contribution in [0.4, 0.5) is 5.82 Å². The van der Waals surface area contributed by atoms with Gasteiger partial charge in [-0.25, -0.2) is 9.97 Å². The minimum atomic E-state index is -0.462. The summed E-state index contributed by atoms with van der Waals surface area (Å²) in [7, 11) is 0. The molecule has 1 aromatic carbocycles. The Hall–Kier alpha value is -1.89. The van der Waals surface area contributed by atoms with Crippen molar-refractivity contribution in [2.75, 3.05) is 5.73 Å². The number of fused-ring (bicyclic) bond motifs is 1.